The van der Waals surface area contributed by atoms with Crippen LogP contribution in [-0.4, -0.2) is 77.3 Å². The molecule has 37 heavy (non-hydrogen) atoms. The number of aromatic nitrogens is 2. The fourth-order valence-electron chi connectivity index (χ4n) is 4.56. The smallest absolute Gasteiger partial charge is 0.246 e. The third-order valence-electron chi connectivity index (χ3n) is 6.74. The van der Waals surface area contributed by atoms with Gasteiger partial charge in [0.15, 0.2) is 0 Å². The molecule has 2 aromatic carbocycles. The zero-order chi connectivity index (χ0) is 25.6. The first-order valence-corrected chi connectivity index (χ1v) is 12.8. The van der Waals surface area contributed by atoms with Gasteiger partial charge >= 0.3 is 0 Å². The highest BCUT2D eigenvalue weighted by Crippen LogP contribution is 2.32. The molecule has 0 unspecified atom stereocenters. The fourth-order valence-corrected chi connectivity index (χ4v) is 4.56. The lowest BCUT2D eigenvalue weighted by Gasteiger charge is -2.33. The molecule has 192 valence electrons. The van der Waals surface area contributed by atoms with Gasteiger partial charge in [-0.15, -0.1) is 0 Å². The van der Waals surface area contributed by atoms with Gasteiger partial charge in [-0.3, -0.25) is 19.2 Å². The normalized spacial score (nSPS) is 16.2. The third kappa shape index (κ3) is 6.46. The van der Waals surface area contributed by atoms with Gasteiger partial charge in [0.25, 0.3) is 0 Å². The van der Waals surface area contributed by atoms with Gasteiger partial charge < -0.3 is 15.0 Å². The lowest BCUT2D eigenvalue weighted by molar-refractivity contribution is -0.128. The first-order valence-electron chi connectivity index (χ1n) is 12.8. The zero-order valence-corrected chi connectivity index (χ0v) is 21.2. The molecule has 2 heterocycles. The number of piperazine rings is 1. The summed E-state index contributed by atoms with van der Waals surface area (Å²) in [6.07, 6.45) is 7.61. The van der Waals surface area contributed by atoms with E-state index in [0.717, 1.165) is 41.0 Å². The molecule has 0 radical (unpaired) electrons. The highest BCUT2D eigenvalue weighted by molar-refractivity contribution is 5.93. The molecule has 2 aliphatic rings. The molecule has 5 rings (SSSR count). The number of hydrogen-bond acceptors (Lipinski definition) is 5. The molecule has 0 atom stereocenters. The minimum Gasteiger partial charge on any atom is -0.496 e. The van der Waals surface area contributed by atoms with Gasteiger partial charge in [0, 0.05) is 55.6 Å². The molecule has 1 aromatic heterocycles. The van der Waals surface area contributed by atoms with E-state index >= 15 is 0 Å². The van der Waals surface area contributed by atoms with E-state index in [4.69, 9.17) is 9.84 Å². The molecule has 0 spiro atoms. The number of rotatable bonds is 9. The summed E-state index contributed by atoms with van der Waals surface area (Å²) < 4.78 is 7.48. The van der Waals surface area contributed by atoms with Crippen LogP contribution in [-0.2, 0) is 16.1 Å². The molecule has 1 N–H and O–H groups in total. The summed E-state index contributed by atoms with van der Waals surface area (Å²) in [4.78, 5) is 29.0. The molecule has 8 heteroatoms. The van der Waals surface area contributed by atoms with Crippen molar-refractivity contribution in [2.45, 2.75) is 25.4 Å². The average Bonchev–Trinajstić information content (AvgIpc) is 3.65. The molecule has 2 amide bonds. The number of methoxy groups -OCH3 is 1. The summed E-state index contributed by atoms with van der Waals surface area (Å²) in [5.41, 5.74) is 3.64. The molecule has 1 saturated carbocycles. The first-order chi connectivity index (χ1) is 18.1. The van der Waals surface area contributed by atoms with Crippen LogP contribution in [0.1, 0.15) is 24.0 Å². The van der Waals surface area contributed by atoms with E-state index < -0.39 is 0 Å². The number of ether oxygens (including phenoxy) is 1. The summed E-state index contributed by atoms with van der Waals surface area (Å²) >= 11 is 0. The Morgan fingerprint density at radius 1 is 1.03 bits per heavy atom. The number of benzene rings is 2. The fraction of sp³-hybridized carbons (Fsp3) is 0.345. The Morgan fingerprint density at radius 2 is 1.76 bits per heavy atom. The average molecular weight is 500 g/mol. The molecule has 3 aromatic rings. The van der Waals surface area contributed by atoms with Crippen molar-refractivity contribution in [3.05, 3.63) is 78.0 Å². The van der Waals surface area contributed by atoms with Crippen molar-refractivity contribution in [1.82, 2.24) is 24.9 Å². The highest BCUT2D eigenvalue weighted by Gasteiger charge is 2.26. The van der Waals surface area contributed by atoms with Crippen molar-refractivity contribution in [2.24, 2.45) is 0 Å². The standard InChI is InChI=1S/C29H33N5O3/c1-37-26-10-6-5-9-25(26)29-23(20-34(31-29)19-22-7-3-2-4-8-22)11-14-28(36)33-17-15-32(16-18-33)21-27(35)30-24-12-13-24/h2-11,14,20,24H,12-13,15-19,21H2,1H3,(H,30,35). The van der Waals surface area contributed by atoms with Gasteiger partial charge in [0.1, 0.15) is 11.4 Å². The molecular formula is C29H33N5O3. The van der Waals surface area contributed by atoms with E-state index in [1.165, 1.54) is 0 Å². The largest absolute Gasteiger partial charge is 0.496 e. The predicted molar refractivity (Wildman–Crippen MR) is 143 cm³/mol. The van der Waals surface area contributed by atoms with Crippen molar-refractivity contribution < 1.29 is 14.3 Å². The molecule has 1 aliphatic carbocycles. The maximum Gasteiger partial charge on any atom is 0.246 e. The number of nitrogens with one attached hydrogen (secondary N) is 1. The van der Waals surface area contributed by atoms with Gasteiger partial charge in [0.2, 0.25) is 11.8 Å². The summed E-state index contributed by atoms with van der Waals surface area (Å²) in [7, 11) is 1.65. The zero-order valence-electron chi connectivity index (χ0n) is 21.2. The number of amides is 2. The quantitative estimate of drug-likeness (QED) is 0.458. The van der Waals surface area contributed by atoms with Crippen LogP contribution in [0, 0.1) is 0 Å². The summed E-state index contributed by atoms with van der Waals surface area (Å²) in [5, 5.41) is 7.88. The van der Waals surface area contributed by atoms with E-state index in [1.807, 2.05) is 64.3 Å². The van der Waals surface area contributed by atoms with Crippen LogP contribution < -0.4 is 10.1 Å². The third-order valence-corrected chi connectivity index (χ3v) is 6.74. The SMILES string of the molecule is COc1ccccc1-c1nn(Cc2ccccc2)cc1C=CC(=O)N1CCN(CC(=O)NC2CC2)CC1. The van der Waals surface area contributed by atoms with Crippen LogP contribution in [0.15, 0.2) is 66.9 Å². The van der Waals surface area contributed by atoms with Crippen LogP contribution >= 0.6 is 0 Å². The van der Waals surface area contributed by atoms with E-state index in [2.05, 4.69) is 22.3 Å². The Morgan fingerprint density at radius 3 is 2.49 bits per heavy atom. The number of hydrogen-bond donors (Lipinski definition) is 1. The summed E-state index contributed by atoms with van der Waals surface area (Å²) in [6, 6.07) is 18.3. The van der Waals surface area contributed by atoms with Crippen LogP contribution in [0.3, 0.4) is 0 Å². The Balaban J connectivity index is 1.28. The van der Waals surface area contributed by atoms with Crippen LogP contribution in [0.5, 0.6) is 5.75 Å². The first kappa shape index (κ1) is 24.8. The molecule has 1 aliphatic heterocycles. The molecule has 1 saturated heterocycles. The molecule has 8 nitrogen and oxygen atoms in total. The molecule has 0 bridgehead atoms. The van der Waals surface area contributed by atoms with Gasteiger partial charge in [0.05, 0.1) is 20.2 Å². The van der Waals surface area contributed by atoms with Gasteiger partial charge in [-0.05, 0) is 36.6 Å². The van der Waals surface area contributed by atoms with Crippen molar-refractivity contribution in [3.63, 3.8) is 0 Å². The lowest BCUT2D eigenvalue weighted by Crippen LogP contribution is -2.51. The van der Waals surface area contributed by atoms with Crippen LogP contribution in [0.4, 0.5) is 0 Å². The van der Waals surface area contributed by atoms with Gasteiger partial charge in [-0.25, -0.2) is 0 Å². The van der Waals surface area contributed by atoms with Gasteiger partial charge in [-0.2, -0.15) is 5.10 Å². The van der Waals surface area contributed by atoms with Crippen molar-refractivity contribution in [3.8, 4) is 17.0 Å². The number of para-hydroxylation sites is 1. The maximum atomic E-state index is 13.0. The second kappa shape index (κ2) is 11.4. The topological polar surface area (TPSA) is 79.7 Å². The van der Waals surface area contributed by atoms with E-state index in [-0.39, 0.29) is 11.8 Å². The molecular weight excluding hydrogens is 466 g/mol. The van der Waals surface area contributed by atoms with E-state index in [0.29, 0.717) is 45.3 Å². The van der Waals surface area contributed by atoms with E-state index in [1.54, 1.807) is 13.2 Å². The second-order valence-electron chi connectivity index (χ2n) is 9.59. The van der Waals surface area contributed by atoms with Crippen molar-refractivity contribution >= 4 is 17.9 Å². The Hall–Kier alpha value is -3.91. The minimum absolute atomic E-state index is 0.0381. The number of carbonyl (C=O) groups is 2. The predicted octanol–water partition coefficient (Wildman–Crippen LogP) is 3.04. The summed E-state index contributed by atoms with van der Waals surface area (Å²) in [5.74, 6) is 0.776. The molecule has 2 fully saturated rings. The highest BCUT2D eigenvalue weighted by atomic mass is 16.5. The number of carbonyl (C=O) groups excluding carboxylic acids is 2. The van der Waals surface area contributed by atoms with Crippen LogP contribution in [0.2, 0.25) is 0 Å². The Labute approximate surface area is 217 Å². The maximum absolute atomic E-state index is 13.0. The van der Waals surface area contributed by atoms with Crippen LogP contribution in [0.25, 0.3) is 17.3 Å². The lowest BCUT2D eigenvalue weighted by atomic mass is 10.1. The summed E-state index contributed by atoms with van der Waals surface area (Å²) in [6.45, 7) is 3.62. The van der Waals surface area contributed by atoms with Gasteiger partial charge in [-0.1, -0.05) is 42.5 Å². The Bertz CT molecular complexity index is 1260. The number of nitrogens with zero attached hydrogens (tertiary/aromatic N) is 4. The second-order valence-corrected chi connectivity index (χ2v) is 9.59. The van der Waals surface area contributed by atoms with Crippen molar-refractivity contribution in [2.75, 3.05) is 39.8 Å². The Kier molecular flexibility index (Phi) is 7.65. The van der Waals surface area contributed by atoms with Crippen molar-refractivity contribution in [1.29, 1.82) is 0 Å². The monoisotopic (exact) mass is 499 g/mol. The minimum atomic E-state index is -0.0381. The van der Waals surface area contributed by atoms with E-state index in [9.17, 15) is 9.59 Å².